The van der Waals surface area contributed by atoms with E-state index < -0.39 is 0 Å². The highest BCUT2D eigenvalue weighted by Gasteiger charge is 1.99. The maximum Gasteiger partial charge on any atom is 0.239 e. The second-order valence-corrected chi connectivity index (χ2v) is 4.34. The molecular weight excluding hydrogens is 303 g/mol. The van der Waals surface area contributed by atoms with E-state index in [1.165, 1.54) is 0 Å². The Morgan fingerprint density at radius 2 is 2.27 bits per heavy atom. The van der Waals surface area contributed by atoms with Gasteiger partial charge in [-0.05, 0) is 47.2 Å². The van der Waals surface area contributed by atoms with Gasteiger partial charge in [-0.25, -0.2) is 5.43 Å². The van der Waals surface area contributed by atoms with E-state index in [-0.39, 0.29) is 5.91 Å². The average molecular weight is 316 g/mol. The first-order valence-corrected chi connectivity index (χ1v) is 5.80. The van der Waals surface area contributed by atoms with Crippen LogP contribution in [0.4, 0.5) is 0 Å². The van der Waals surface area contributed by atoms with Crippen LogP contribution in [0.25, 0.3) is 0 Å². The van der Waals surface area contributed by atoms with Crippen molar-refractivity contribution < 1.29 is 4.79 Å². The number of rotatable bonds is 3. The zero-order valence-corrected chi connectivity index (χ0v) is 10.9. The fourth-order valence-electron chi connectivity index (χ4n) is 1.00. The highest BCUT2D eigenvalue weighted by molar-refractivity contribution is 14.1. The molecule has 3 nitrogen and oxygen atoms in total. The third-order valence-corrected chi connectivity index (χ3v) is 2.58. The Morgan fingerprint density at radius 3 is 2.87 bits per heavy atom. The smallest absolute Gasteiger partial charge is 0.239 e. The minimum Gasteiger partial charge on any atom is -0.273 e. The second kappa shape index (κ2) is 5.85. The average Bonchev–Trinajstić information content (AvgIpc) is 2.25. The Morgan fingerprint density at radius 1 is 1.53 bits per heavy atom. The van der Waals surface area contributed by atoms with Crippen LogP contribution < -0.4 is 5.43 Å². The summed E-state index contributed by atoms with van der Waals surface area (Å²) < 4.78 is 1.15. The third kappa shape index (κ3) is 3.99. The van der Waals surface area contributed by atoms with Crippen LogP contribution >= 0.6 is 22.6 Å². The number of nitrogens with one attached hydrogen (secondary N) is 1. The normalized spacial score (nSPS) is 11.3. The first kappa shape index (κ1) is 12.2. The summed E-state index contributed by atoms with van der Waals surface area (Å²) in [5, 5.41) is 4.02. The van der Waals surface area contributed by atoms with Crippen LogP contribution in [-0.2, 0) is 4.79 Å². The molecule has 1 N–H and O–H groups in total. The highest BCUT2D eigenvalue weighted by atomic mass is 127. The number of carbonyl (C=O) groups excluding carboxylic acids is 1. The van der Waals surface area contributed by atoms with Gasteiger partial charge in [0.05, 0.1) is 5.71 Å². The monoisotopic (exact) mass is 316 g/mol. The summed E-state index contributed by atoms with van der Waals surface area (Å²) in [6.45, 7) is 3.67. The van der Waals surface area contributed by atoms with E-state index in [2.05, 4.69) is 33.1 Å². The molecule has 0 aliphatic heterocycles. The maximum atomic E-state index is 11.0. The molecule has 4 heteroatoms. The molecule has 0 atom stereocenters. The Kier molecular flexibility index (Phi) is 4.74. The molecule has 1 rings (SSSR count). The van der Waals surface area contributed by atoms with Gasteiger partial charge in [0.2, 0.25) is 5.91 Å². The number of nitrogens with zero attached hydrogens (tertiary/aromatic N) is 1. The molecule has 0 bridgehead atoms. The molecular formula is C11H13IN2O. The number of halogens is 1. The lowest BCUT2D eigenvalue weighted by atomic mass is 10.1. The quantitative estimate of drug-likeness (QED) is 0.520. The summed E-state index contributed by atoms with van der Waals surface area (Å²) in [6.07, 6.45) is 0.448. The zero-order valence-electron chi connectivity index (χ0n) is 8.75. The summed E-state index contributed by atoms with van der Waals surface area (Å²) >= 11 is 2.25. The molecule has 0 unspecified atom stereocenters. The number of hydrogen-bond acceptors (Lipinski definition) is 2. The zero-order chi connectivity index (χ0) is 11.3. The first-order valence-electron chi connectivity index (χ1n) is 4.72. The molecule has 0 aliphatic rings. The molecule has 1 amide bonds. The van der Waals surface area contributed by atoms with Gasteiger partial charge in [-0.3, -0.25) is 4.79 Å². The van der Waals surface area contributed by atoms with Crippen molar-refractivity contribution in [3.63, 3.8) is 0 Å². The number of amides is 1. The summed E-state index contributed by atoms with van der Waals surface area (Å²) in [5.41, 5.74) is 4.34. The lowest BCUT2D eigenvalue weighted by Crippen LogP contribution is -2.17. The van der Waals surface area contributed by atoms with Gasteiger partial charge in [0.15, 0.2) is 0 Å². The van der Waals surface area contributed by atoms with Gasteiger partial charge in [0, 0.05) is 9.99 Å². The third-order valence-electron chi connectivity index (χ3n) is 1.91. The van der Waals surface area contributed by atoms with Crippen LogP contribution in [0.5, 0.6) is 0 Å². The molecule has 1 aromatic carbocycles. The summed E-state index contributed by atoms with van der Waals surface area (Å²) in [6, 6.07) is 7.98. The van der Waals surface area contributed by atoms with Crippen molar-refractivity contribution in [2.45, 2.75) is 20.3 Å². The van der Waals surface area contributed by atoms with Crippen LogP contribution in [0.3, 0.4) is 0 Å². The fraction of sp³-hybridized carbons (Fsp3) is 0.273. The van der Waals surface area contributed by atoms with Crippen LogP contribution in [0.15, 0.2) is 29.4 Å². The van der Waals surface area contributed by atoms with Gasteiger partial charge in [-0.1, -0.05) is 19.1 Å². The minimum absolute atomic E-state index is 0.0695. The minimum atomic E-state index is -0.0695. The van der Waals surface area contributed by atoms with Gasteiger partial charge in [0.25, 0.3) is 0 Å². The fourth-order valence-corrected chi connectivity index (χ4v) is 1.55. The van der Waals surface area contributed by atoms with Gasteiger partial charge in [-0.2, -0.15) is 5.10 Å². The molecule has 15 heavy (non-hydrogen) atoms. The van der Waals surface area contributed by atoms with E-state index in [4.69, 9.17) is 0 Å². The van der Waals surface area contributed by atoms with Crippen molar-refractivity contribution in [2.75, 3.05) is 0 Å². The maximum absolute atomic E-state index is 11.0. The SMILES string of the molecule is CCC(=O)N/N=C(\C)c1cccc(I)c1. The summed E-state index contributed by atoms with van der Waals surface area (Å²) in [4.78, 5) is 11.0. The topological polar surface area (TPSA) is 41.5 Å². The van der Waals surface area contributed by atoms with E-state index in [1.54, 1.807) is 6.92 Å². The van der Waals surface area contributed by atoms with E-state index >= 15 is 0 Å². The predicted molar refractivity (Wildman–Crippen MR) is 69.8 cm³/mol. The van der Waals surface area contributed by atoms with Crippen LogP contribution in [0, 0.1) is 3.57 Å². The molecule has 0 aliphatic carbocycles. The highest BCUT2D eigenvalue weighted by Crippen LogP contribution is 2.08. The van der Waals surface area contributed by atoms with Crippen LogP contribution in [0.1, 0.15) is 25.8 Å². The van der Waals surface area contributed by atoms with E-state index in [9.17, 15) is 4.79 Å². The van der Waals surface area contributed by atoms with Crippen LogP contribution in [0.2, 0.25) is 0 Å². The van der Waals surface area contributed by atoms with Gasteiger partial charge < -0.3 is 0 Å². The predicted octanol–water partition coefficient (Wildman–Crippen LogP) is 2.54. The molecule has 0 aromatic heterocycles. The molecule has 1 aromatic rings. The summed E-state index contributed by atoms with van der Waals surface area (Å²) in [5.74, 6) is -0.0695. The molecule has 80 valence electrons. The molecule has 0 fully saturated rings. The van der Waals surface area contributed by atoms with E-state index in [0.717, 1.165) is 14.8 Å². The van der Waals surface area contributed by atoms with Crippen molar-refractivity contribution in [1.82, 2.24) is 5.43 Å². The standard InChI is InChI=1S/C11H13IN2O/c1-3-11(15)14-13-8(2)9-5-4-6-10(12)7-9/h4-7H,3H2,1-2H3,(H,14,15)/b13-8+. The van der Waals surface area contributed by atoms with Gasteiger partial charge >= 0.3 is 0 Å². The molecule has 0 heterocycles. The number of benzene rings is 1. The first-order chi connectivity index (χ1) is 7.13. The number of hydrogen-bond donors (Lipinski definition) is 1. The Labute approximate surface area is 103 Å². The molecule has 0 radical (unpaired) electrons. The largest absolute Gasteiger partial charge is 0.273 e. The van der Waals surface area contributed by atoms with Crippen molar-refractivity contribution in [3.05, 3.63) is 33.4 Å². The van der Waals surface area contributed by atoms with Crippen LogP contribution in [-0.4, -0.2) is 11.6 Å². The van der Waals surface area contributed by atoms with E-state index in [1.807, 2.05) is 31.2 Å². The van der Waals surface area contributed by atoms with Crippen molar-refractivity contribution >= 4 is 34.2 Å². The van der Waals surface area contributed by atoms with Crippen molar-refractivity contribution in [2.24, 2.45) is 5.10 Å². The Hall–Kier alpha value is -0.910. The number of carbonyl (C=O) groups is 1. The Bertz CT molecular complexity index is 388. The molecule has 0 spiro atoms. The van der Waals surface area contributed by atoms with E-state index in [0.29, 0.717) is 6.42 Å². The molecule has 0 saturated carbocycles. The van der Waals surface area contributed by atoms with Crippen molar-refractivity contribution in [3.8, 4) is 0 Å². The summed E-state index contributed by atoms with van der Waals surface area (Å²) in [7, 11) is 0. The second-order valence-electron chi connectivity index (χ2n) is 3.10. The lowest BCUT2D eigenvalue weighted by Gasteiger charge is -2.02. The van der Waals surface area contributed by atoms with Gasteiger partial charge in [-0.15, -0.1) is 0 Å². The molecule has 0 saturated heterocycles. The van der Waals surface area contributed by atoms with Gasteiger partial charge in [0.1, 0.15) is 0 Å². The number of hydrazone groups is 1. The van der Waals surface area contributed by atoms with Crippen molar-refractivity contribution in [1.29, 1.82) is 0 Å². The lowest BCUT2D eigenvalue weighted by molar-refractivity contribution is -0.120. The Balaban J connectivity index is 2.75.